The Balaban J connectivity index is 1.92. The van der Waals surface area contributed by atoms with Crippen LogP contribution in [0.2, 0.25) is 0 Å². The van der Waals surface area contributed by atoms with E-state index in [1.165, 1.54) is 0 Å². The topological polar surface area (TPSA) is 47.6 Å². The third kappa shape index (κ3) is 5.03. The number of ether oxygens (including phenoxy) is 2. The zero-order chi connectivity index (χ0) is 14.9. The summed E-state index contributed by atoms with van der Waals surface area (Å²) in [6, 6.07) is 16.6. The van der Waals surface area contributed by atoms with Gasteiger partial charge in [0.2, 0.25) is 0 Å². The van der Waals surface area contributed by atoms with E-state index in [0.717, 1.165) is 5.75 Å². The van der Waals surface area contributed by atoms with Crippen LogP contribution in [0, 0.1) is 0 Å². The molecule has 108 valence electrons. The minimum Gasteiger partial charge on any atom is -0.484 e. The van der Waals surface area contributed by atoms with Gasteiger partial charge in [-0.05, 0) is 24.3 Å². The molecule has 1 amide bonds. The Kier molecular flexibility index (Phi) is 5.41. The molecule has 4 heteroatoms. The molecule has 21 heavy (non-hydrogen) atoms. The van der Waals surface area contributed by atoms with E-state index in [1.54, 1.807) is 18.2 Å². The zero-order valence-corrected chi connectivity index (χ0v) is 11.6. The molecule has 2 aromatic rings. The summed E-state index contributed by atoms with van der Waals surface area (Å²) in [5.41, 5.74) is 0. The number of benzene rings is 2. The van der Waals surface area contributed by atoms with Crippen molar-refractivity contribution in [1.82, 2.24) is 5.32 Å². The van der Waals surface area contributed by atoms with Gasteiger partial charge in [0.25, 0.3) is 5.91 Å². The molecule has 0 aliphatic heterocycles. The normalized spacial score (nSPS) is 9.71. The molecule has 0 aliphatic carbocycles. The lowest BCUT2D eigenvalue weighted by molar-refractivity contribution is -0.122. The number of nitrogens with one attached hydrogen (secondary N) is 1. The van der Waals surface area contributed by atoms with Gasteiger partial charge in [-0.25, -0.2) is 0 Å². The van der Waals surface area contributed by atoms with Crippen molar-refractivity contribution in [3.8, 4) is 17.2 Å². The lowest BCUT2D eigenvalue weighted by Gasteiger charge is -2.09. The number of hydrogen-bond donors (Lipinski definition) is 1. The summed E-state index contributed by atoms with van der Waals surface area (Å²) < 4.78 is 11.1. The number of hydrogen-bond acceptors (Lipinski definition) is 3. The van der Waals surface area contributed by atoms with Crippen LogP contribution < -0.4 is 14.8 Å². The Morgan fingerprint density at radius 3 is 2.52 bits per heavy atom. The highest BCUT2D eigenvalue weighted by Gasteiger charge is 2.03. The second kappa shape index (κ2) is 7.75. The standard InChI is InChI=1S/C17H17NO3/c1-2-11-18-17(19)13-20-15-9-6-10-16(12-15)21-14-7-4-3-5-8-14/h2-10,12H,1,11,13H2,(H,18,19). The van der Waals surface area contributed by atoms with E-state index in [1.807, 2.05) is 42.5 Å². The summed E-state index contributed by atoms with van der Waals surface area (Å²) in [6.45, 7) is 3.92. The Morgan fingerprint density at radius 2 is 1.76 bits per heavy atom. The summed E-state index contributed by atoms with van der Waals surface area (Å²) in [4.78, 5) is 11.4. The summed E-state index contributed by atoms with van der Waals surface area (Å²) >= 11 is 0. The Bertz CT molecular complexity index is 596. The molecule has 4 nitrogen and oxygen atoms in total. The maximum atomic E-state index is 11.4. The van der Waals surface area contributed by atoms with Crippen LogP contribution in [0.3, 0.4) is 0 Å². The van der Waals surface area contributed by atoms with E-state index in [-0.39, 0.29) is 12.5 Å². The summed E-state index contributed by atoms with van der Waals surface area (Å²) in [7, 11) is 0. The molecular formula is C17H17NO3. The Morgan fingerprint density at radius 1 is 1.05 bits per heavy atom. The van der Waals surface area contributed by atoms with Gasteiger partial charge in [-0.1, -0.05) is 30.3 Å². The van der Waals surface area contributed by atoms with Crippen LogP contribution in [0.25, 0.3) is 0 Å². The molecule has 0 atom stereocenters. The monoisotopic (exact) mass is 283 g/mol. The van der Waals surface area contributed by atoms with Gasteiger partial charge >= 0.3 is 0 Å². The fourth-order valence-corrected chi connectivity index (χ4v) is 1.64. The first kappa shape index (κ1) is 14.7. The highest BCUT2D eigenvalue weighted by Crippen LogP contribution is 2.24. The van der Waals surface area contributed by atoms with Gasteiger partial charge in [-0.3, -0.25) is 4.79 Å². The van der Waals surface area contributed by atoms with Crippen molar-refractivity contribution in [1.29, 1.82) is 0 Å². The van der Waals surface area contributed by atoms with Crippen LogP contribution in [0.1, 0.15) is 0 Å². The van der Waals surface area contributed by atoms with Gasteiger partial charge in [0.15, 0.2) is 6.61 Å². The highest BCUT2D eigenvalue weighted by atomic mass is 16.5. The van der Waals surface area contributed by atoms with Crippen molar-refractivity contribution in [3.63, 3.8) is 0 Å². The van der Waals surface area contributed by atoms with Crippen LogP contribution in [0.15, 0.2) is 67.3 Å². The van der Waals surface area contributed by atoms with Gasteiger partial charge in [0, 0.05) is 12.6 Å². The first-order valence-electron chi connectivity index (χ1n) is 6.61. The predicted octanol–water partition coefficient (Wildman–Crippen LogP) is 3.16. The third-order valence-corrected chi connectivity index (χ3v) is 2.60. The first-order chi connectivity index (χ1) is 10.3. The number of rotatable bonds is 7. The van der Waals surface area contributed by atoms with Crippen LogP contribution in [0.4, 0.5) is 0 Å². The molecule has 2 aromatic carbocycles. The minimum atomic E-state index is -0.190. The van der Waals surface area contributed by atoms with Crippen LogP contribution in [-0.2, 0) is 4.79 Å². The van der Waals surface area contributed by atoms with E-state index in [9.17, 15) is 4.79 Å². The summed E-state index contributed by atoms with van der Waals surface area (Å²) in [5.74, 6) is 1.80. The van der Waals surface area contributed by atoms with E-state index in [4.69, 9.17) is 9.47 Å². The fourth-order valence-electron chi connectivity index (χ4n) is 1.64. The van der Waals surface area contributed by atoms with Crippen molar-refractivity contribution < 1.29 is 14.3 Å². The molecule has 0 saturated carbocycles. The summed E-state index contributed by atoms with van der Waals surface area (Å²) in [6.07, 6.45) is 1.62. The smallest absolute Gasteiger partial charge is 0.258 e. The molecule has 2 rings (SSSR count). The lowest BCUT2D eigenvalue weighted by Crippen LogP contribution is -2.28. The van der Waals surface area contributed by atoms with Gasteiger partial charge < -0.3 is 14.8 Å². The SMILES string of the molecule is C=CCNC(=O)COc1cccc(Oc2ccccc2)c1. The van der Waals surface area contributed by atoms with E-state index < -0.39 is 0 Å². The van der Waals surface area contributed by atoms with Gasteiger partial charge in [0.1, 0.15) is 17.2 Å². The fraction of sp³-hybridized carbons (Fsp3) is 0.118. The van der Waals surface area contributed by atoms with Gasteiger partial charge in [-0.2, -0.15) is 0 Å². The van der Waals surface area contributed by atoms with Crippen LogP contribution >= 0.6 is 0 Å². The Labute approximate surface area is 124 Å². The highest BCUT2D eigenvalue weighted by molar-refractivity contribution is 5.77. The van der Waals surface area contributed by atoms with Crippen molar-refractivity contribution >= 4 is 5.91 Å². The second-order valence-corrected chi connectivity index (χ2v) is 4.27. The molecule has 0 spiro atoms. The lowest BCUT2D eigenvalue weighted by atomic mass is 10.3. The molecule has 0 aliphatic rings. The largest absolute Gasteiger partial charge is 0.484 e. The number of carbonyl (C=O) groups excluding carboxylic acids is 1. The summed E-state index contributed by atoms with van der Waals surface area (Å²) in [5, 5.41) is 2.64. The molecule has 0 unspecified atom stereocenters. The van der Waals surface area contributed by atoms with Crippen molar-refractivity contribution in [2.24, 2.45) is 0 Å². The minimum absolute atomic E-state index is 0.0391. The van der Waals surface area contributed by atoms with Crippen LogP contribution in [0.5, 0.6) is 17.2 Å². The average Bonchev–Trinajstić information content (AvgIpc) is 2.52. The van der Waals surface area contributed by atoms with E-state index in [0.29, 0.717) is 18.0 Å². The number of carbonyl (C=O) groups is 1. The second-order valence-electron chi connectivity index (χ2n) is 4.27. The first-order valence-corrected chi connectivity index (χ1v) is 6.61. The maximum absolute atomic E-state index is 11.4. The number of para-hydroxylation sites is 1. The molecule has 1 N–H and O–H groups in total. The molecule has 0 saturated heterocycles. The maximum Gasteiger partial charge on any atom is 0.258 e. The third-order valence-electron chi connectivity index (χ3n) is 2.60. The Hall–Kier alpha value is -2.75. The predicted molar refractivity (Wildman–Crippen MR) is 81.7 cm³/mol. The molecule has 0 heterocycles. The van der Waals surface area contributed by atoms with E-state index >= 15 is 0 Å². The van der Waals surface area contributed by atoms with E-state index in [2.05, 4.69) is 11.9 Å². The quantitative estimate of drug-likeness (QED) is 0.794. The molecule has 0 radical (unpaired) electrons. The van der Waals surface area contributed by atoms with Crippen LogP contribution in [-0.4, -0.2) is 19.1 Å². The number of amides is 1. The van der Waals surface area contributed by atoms with Gasteiger partial charge in [0.05, 0.1) is 0 Å². The molecule has 0 fully saturated rings. The average molecular weight is 283 g/mol. The zero-order valence-electron chi connectivity index (χ0n) is 11.6. The van der Waals surface area contributed by atoms with Crippen molar-refractivity contribution in [3.05, 3.63) is 67.3 Å². The van der Waals surface area contributed by atoms with Crippen molar-refractivity contribution in [2.75, 3.05) is 13.2 Å². The molecule has 0 bridgehead atoms. The molecule has 0 aromatic heterocycles. The van der Waals surface area contributed by atoms with Gasteiger partial charge in [-0.15, -0.1) is 6.58 Å². The van der Waals surface area contributed by atoms with Crippen molar-refractivity contribution in [2.45, 2.75) is 0 Å². The molecular weight excluding hydrogens is 266 g/mol.